The van der Waals surface area contributed by atoms with Gasteiger partial charge in [-0.1, -0.05) is 86.1 Å². The fourth-order valence-corrected chi connectivity index (χ4v) is 12.9. The van der Waals surface area contributed by atoms with Crippen LogP contribution in [0.4, 0.5) is 4.39 Å². The highest BCUT2D eigenvalue weighted by Crippen LogP contribution is 2.78. The standard InChI is InChI=1S/C49H59ClFNO7/c1-45-18-15-34(53)25-47(45)21-22-49(38(26-47)41(55)24-37-39(50)11-8-12-40(37)51)43(45)16-19-46(2)44(49)17-20-48(46,56)31-52(27-33-13-14-36(57-3)23-42(33)58-4)28-35(54)30-59-29-32-9-6-5-7-10-32/h5-14,21-23,26,34-35,43-44,53-54,56H,15-20,24-25,27-31H2,1-4H3. The molecule has 3 fully saturated rings. The quantitative estimate of drug-likeness (QED) is 0.132. The smallest absolute Gasteiger partial charge is 0.164 e. The highest BCUT2D eigenvalue weighted by atomic mass is 35.5. The number of hydrogen-bond acceptors (Lipinski definition) is 8. The van der Waals surface area contributed by atoms with E-state index in [0.717, 1.165) is 30.4 Å². The number of ketones is 1. The van der Waals surface area contributed by atoms with Crippen LogP contribution in [-0.4, -0.2) is 77.7 Å². The van der Waals surface area contributed by atoms with Gasteiger partial charge in [-0.15, -0.1) is 0 Å². The van der Waals surface area contributed by atoms with Gasteiger partial charge in [0, 0.05) is 70.1 Å². The maximum absolute atomic E-state index is 15.3. The second kappa shape index (κ2) is 16.0. The van der Waals surface area contributed by atoms with Gasteiger partial charge in [-0.2, -0.15) is 0 Å². The molecular formula is C49H59ClFNO7. The van der Waals surface area contributed by atoms with Crippen LogP contribution in [-0.2, 0) is 29.1 Å². The number of fused-ring (bicyclic) bond motifs is 1. The molecule has 0 radical (unpaired) electrons. The third-order valence-electron chi connectivity index (χ3n) is 15.7. The number of hydrogen-bond donors (Lipinski definition) is 3. The summed E-state index contributed by atoms with van der Waals surface area (Å²) in [5, 5.41) is 36.1. The largest absolute Gasteiger partial charge is 0.497 e. The van der Waals surface area contributed by atoms with Crippen LogP contribution in [0.2, 0.25) is 5.02 Å². The molecule has 2 spiro atoms. The zero-order valence-electron chi connectivity index (χ0n) is 34.8. The lowest BCUT2D eigenvalue weighted by atomic mass is 9.32. The van der Waals surface area contributed by atoms with Crippen molar-refractivity contribution >= 4 is 17.4 Å². The topological polar surface area (TPSA) is 109 Å². The van der Waals surface area contributed by atoms with Crippen LogP contribution in [0.5, 0.6) is 11.5 Å². The Hall–Kier alpha value is -3.57. The van der Waals surface area contributed by atoms with Gasteiger partial charge in [-0.3, -0.25) is 9.69 Å². The van der Waals surface area contributed by atoms with Crippen LogP contribution in [0.15, 0.2) is 90.5 Å². The van der Waals surface area contributed by atoms with Crippen molar-refractivity contribution in [1.29, 1.82) is 0 Å². The number of methoxy groups -OCH3 is 2. The Morgan fingerprint density at radius 3 is 2.44 bits per heavy atom. The fraction of sp³-hybridized carbons (Fsp3) is 0.531. The number of carbonyl (C=O) groups is 1. The van der Waals surface area contributed by atoms with E-state index in [1.165, 1.54) is 6.07 Å². The maximum atomic E-state index is 15.3. The summed E-state index contributed by atoms with van der Waals surface area (Å²) in [5.41, 5.74) is -0.421. The average molecular weight is 828 g/mol. The van der Waals surface area contributed by atoms with E-state index in [9.17, 15) is 20.1 Å². The molecule has 3 N–H and O–H groups in total. The third kappa shape index (κ3) is 7.07. The van der Waals surface area contributed by atoms with Crippen LogP contribution in [0, 0.1) is 39.3 Å². The van der Waals surface area contributed by atoms with E-state index >= 15 is 4.39 Å². The first kappa shape index (κ1) is 42.1. The summed E-state index contributed by atoms with van der Waals surface area (Å²) in [5.74, 6) is 0.660. The first-order chi connectivity index (χ1) is 28.2. The number of aliphatic hydroxyl groups is 3. The molecule has 0 saturated heterocycles. The zero-order chi connectivity index (χ0) is 41.8. The molecule has 6 aliphatic rings. The number of allylic oxidation sites excluding steroid dienone is 4. The van der Waals surface area contributed by atoms with Crippen molar-refractivity contribution in [2.24, 2.45) is 33.5 Å². The lowest BCUT2D eigenvalue weighted by Crippen LogP contribution is -2.67. The molecule has 0 heterocycles. The Morgan fingerprint density at radius 2 is 1.69 bits per heavy atom. The lowest BCUT2D eigenvalue weighted by molar-refractivity contribution is -0.180. The Balaban J connectivity index is 1.13. The summed E-state index contributed by atoms with van der Waals surface area (Å²) in [6.45, 7) is 5.97. The first-order valence-electron chi connectivity index (χ1n) is 21.2. The molecule has 9 unspecified atom stereocenters. The molecule has 3 aromatic carbocycles. The van der Waals surface area contributed by atoms with E-state index in [0.29, 0.717) is 55.9 Å². The Morgan fingerprint density at radius 1 is 0.949 bits per heavy atom. The van der Waals surface area contributed by atoms with Gasteiger partial charge in [-0.25, -0.2) is 4.39 Å². The molecule has 0 aliphatic heterocycles. The molecule has 3 aromatic rings. The number of halogens is 2. The number of nitrogens with zero attached hydrogens (tertiary/aromatic N) is 1. The summed E-state index contributed by atoms with van der Waals surface area (Å²) >= 11 is 6.52. The Kier molecular flexibility index (Phi) is 11.5. The highest BCUT2D eigenvalue weighted by Gasteiger charge is 2.74. The van der Waals surface area contributed by atoms with Crippen LogP contribution in [0.25, 0.3) is 0 Å². The van der Waals surface area contributed by atoms with E-state index in [4.69, 9.17) is 25.8 Å². The predicted molar refractivity (Wildman–Crippen MR) is 226 cm³/mol. The van der Waals surface area contributed by atoms with Crippen LogP contribution in [0.3, 0.4) is 0 Å². The van der Waals surface area contributed by atoms with E-state index in [1.54, 1.807) is 26.4 Å². The molecule has 8 nitrogen and oxygen atoms in total. The summed E-state index contributed by atoms with van der Waals surface area (Å²) in [6, 6.07) is 20.1. The van der Waals surface area contributed by atoms with Crippen molar-refractivity contribution in [3.05, 3.63) is 118 Å². The molecule has 316 valence electrons. The van der Waals surface area contributed by atoms with Gasteiger partial charge >= 0.3 is 0 Å². The Bertz CT molecular complexity index is 2090. The summed E-state index contributed by atoms with van der Waals surface area (Å²) in [4.78, 5) is 17.0. The minimum Gasteiger partial charge on any atom is -0.497 e. The number of ether oxygens (including phenoxy) is 3. The second-order valence-electron chi connectivity index (χ2n) is 18.6. The highest BCUT2D eigenvalue weighted by molar-refractivity contribution is 6.31. The summed E-state index contributed by atoms with van der Waals surface area (Å²) in [7, 11) is 3.24. The van der Waals surface area contributed by atoms with Gasteiger partial charge in [0.2, 0.25) is 0 Å². The SMILES string of the molecule is COc1ccc(CN(CC(O)COCc2ccccc2)CC2(O)CCC3C45C=CC6(C=C4C(=O)Cc4c(F)cccc4Cl)CC(O)CCC6(C)C5CCC32C)c(OC)c1. The van der Waals surface area contributed by atoms with Crippen molar-refractivity contribution in [1.82, 2.24) is 4.90 Å². The molecule has 0 aromatic heterocycles. The third-order valence-corrected chi connectivity index (χ3v) is 16.0. The van der Waals surface area contributed by atoms with Crippen molar-refractivity contribution < 1.29 is 38.7 Å². The van der Waals surface area contributed by atoms with E-state index < -0.39 is 39.9 Å². The van der Waals surface area contributed by atoms with E-state index in [2.05, 4.69) is 37.0 Å². The molecule has 59 heavy (non-hydrogen) atoms. The second-order valence-corrected chi connectivity index (χ2v) is 19.0. The van der Waals surface area contributed by atoms with Crippen molar-refractivity contribution in [2.45, 2.75) is 96.2 Å². The van der Waals surface area contributed by atoms with Gasteiger partial charge in [0.25, 0.3) is 0 Å². The minimum absolute atomic E-state index is 0.0937. The predicted octanol–water partition coefficient (Wildman–Crippen LogP) is 8.28. The number of carbonyl (C=O) groups excluding carboxylic acids is 1. The van der Waals surface area contributed by atoms with Crippen LogP contribution < -0.4 is 9.47 Å². The van der Waals surface area contributed by atoms with E-state index in [-0.39, 0.29) is 59.7 Å². The normalized spacial score (nSPS) is 33.5. The Labute approximate surface area is 353 Å². The molecule has 3 saturated carbocycles. The van der Waals surface area contributed by atoms with Gasteiger partial charge in [-0.05, 0) is 86.0 Å². The molecule has 9 atom stereocenters. The number of benzene rings is 3. The van der Waals surface area contributed by atoms with Crippen LogP contribution >= 0.6 is 11.6 Å². The number of Topliss-reactive ketones (excluding diaryl/α,β-unsaturated/α-hetero) is 1. The van der Waals surface area contributed by atoms with Gasteiger partial charge in [0.1, 0.15) is 17.3 Å². The fourth-order valence-electron chi connectivity index (χ4n) is 12.6. The van der Waals surface area contributed by atoms with Gasteiger partial charge in [0.15, 0.2) is 5.78 Å². The summed E-state index contributed by atoms with van der Waals surface area (Å²) < 4.78 is 32.5. The number of rotatable bonds is 15. The van der Waals surface area contributed by atoms with Gasteiger partial charge < -0.3 is 29.5 Å². The average Bonchev–Trinajstić information content (AvgIpc) is 3.49. The summed E-state index contributed by atoms with van der Waals surface area (Å²) in [6.07, 6.45) is 10.0. The maximum Gasteiger partial charge on any atom is 0.164 e. The minimum atomic E-state index is -1.19. The van der Waals surface area contributed by atoms with Crippen molar-refractivity contribution in [3.8, 4) is 11.5 Å². The lowest BCUT2D eigenvalue weighted by Gasteiger charge is -2.71. The first-order valence-corrected chi connectivity index (χ1v) is 21.6. The molecular weight excluding hydrogens is 769 g/mol. The van der Waals surface area contributed by atoms with E-state index in [1.807, 2.05) is 48.5 Å². The molecule has 0 amide bonds. The van der Waals surface area contributed by atoms with Gasteiger partial charge in [0.05, 0.1) is 45.2 Å². The van der Waals surface area contributed by atoms with Crippen molar-refractivity contribution in [2.75, 3.05) is 33.9 Å². The molecule has 9 rings (SSSR count). The monoisotopic (exact) mass is 827 g/mol. The zero-order valence-corrected chi connectivity index (χ0v) is 35.5. The molecule has 10 heteroatoms. The number of aliphatic hydroxyl groups excluding tert-OH is 2. The van der Waals surface area contributed by atoms with Crippen LogP contribution in [0.1, 0.15) is 75.5 Å². The molecule has 2 bridgehead atoms. The molecule has 6 aliphatic carbocycles. The van der Waals surface area contributed by atoms with Crippen molar-refractivity contribution in [3.63, 3.8) is 0 Å².